The lowest BCUT2D eigenvalue weighted by molar-refractivity contribution is 0.0165. The number of likely N-dealkylation sites (tertiary alicyclic amines) is 1. The van der Waals surface area contributed by atoms with Gasteiger partial charge in [0.05, 0.1) is 0 Å². The minimum absolute atomic E-state index is 0.221. The minimum atomic E-state index is -0.472. The Bertz CT molecular complexity index is 569. The molecular weight excluding hydrogens is 295 g/mol. The maximum Gasteiger partial charge on any atom is 0.410 e. The smallest absolute Gasteiger partial charge is 0.410 e. The van der Waals surface area contributed by atoms with E-state index in [0.29, 0.717) is 19.0 Å². The van der Waals surface area contributed by atoms with E-state index in [9.17, 15) is 9.18 Å². The van der Waals surface area contributed by atoms with Crippen LogP contribution in [0, 0.1) is 18.7 Å². The van der Waals surface area contributed by atoms with Crippen LogP contribution in [0.4, 0.5) is 14.9 Å². The third kappa shape index (κ3) is 4.85. The molecule has 23 heavy (non-hydrogen) atoms. The molecule has 128 valence electrons. The van der Waals surface area contributed by atoms with Crippen molar-refractivity contribution in [3.63, 3.8) is 0 Å². The standard InChI is InChI=1S/C18H27FN2O2/c1-12-10-14(19)6-7-15(12)20-16-8-9-21(11-13(16)2)17(22)23-18(3,4)5/h6-7,10,13,16,20H,8-9,11H2,1-5H3/t13-,16+/m0/s1. The molecule has 0 saturated carbocycles. The molecule has 0 aliphatic carbocycles. The number of piperidine rings is 1. The summed E-state index contributed by atoms with van der Waals surface area (Å²) in [4.78, 5) is 13.9. The molecule has 5 heteroatoms. The average Bonchev–Trinajstić information content (AvgIpc) is 2.41. The van der Waals surface area contributed by atoms with Crippen LogP contribution in [-0.4, -0.2) is 35.7 Å². The molecule has 4 nitrogen and oxygen atoms in total. The van der Waals surface area contributed by atoms with Gasteiger partial charge in [-0.15, -0.1) is 0 Å². The number of hydrogen-bond acceptors (Lipinski definition) is 3. The molecule has 1 aromatic carbocycles. The molecule has 0 bridgehead atoms. The fraction of sp³-hybridized carbons (Fsp3) is 0.611. The number of carbonyl (C=O) groups is 1. The average molecular weight is 322 g/mol. The molecule has 1 aliphatic rings. The Kier molecular flexibility index (Phi) is 5.17. The van der Waals surface area contributed by atoms with Crippen LogP contribution >= 0.6 is 0 Å². The van der Waals surface area contributed by atoms with Crippen molar-refractivity contribution in [1.29, 1.82) is 0 Å². The maximum absolute atomic E-state index is 13.2. The van der Waals surface area contributed by atoms with Crippen molar-refractivity contribution in [2.24, 2.45) is 5.92 Å². The number of anilines is 1. The van der Waals surface area contributed by atoms with Gasteiger partial charge in [-0.25, -0.2) is 9.18 Å². The first-order valence-corrected chi connectivity index (χ1v) is 8.16. The summed E-state index contributed by atoms with van der Waals surface area (Å²) in [6.45, 7) is 11.0. The summed E-state index contributed by atoms with van der Waals surface area (Å²) in [6, 6.07) is 5.04. The lowest BCUT2D eigenvalue weighted by Gasteiger charge is -2.38. The van der Waals surface area contributed by atoms with Crippen molar-refractivity contribution in [1.82, 2.24) is 4.90 Å². The first-order valence-electron chi connectivity index (χ1n) is 8.16. The van der Waals surface area contributed by atoms with Crippen molar-refractivity contribution < 1.29 is 13.9 Å². The van der Waals surface area contributed by atoms with Crippen molar-refractivity contribution in [3.8, 4) is 0 Å². The number of hydrogen-bond donors (Lipinski definition) is 1. The predicted octanol–water partition coefficient (Wildman–Crippen LogP) is 4.19. The lowest BCUT2D eigenvalue weighted by atomic mass is 9.93. The number of benzene rings is 1. The normalized spacial score (nSPS) is 21.9. The molecule has 0 radical (unpaired) electrons. The summed E-state index contributed by atoms with van der Waals surface area (Å²) in [6.07, 6.45) is 0.595. The van der Waals surface area contributed by atoms with Crippen molar-refractivity contribution >= 4 is 11.8 Å². The highest BCUT2D eigenvalue weighted by Crippen LogP contribution is 2.25. The number of nitrogens with one attached hydrogen (secondary N) is 1. The van der Waals surface area contributed by atoms with Crippen LogP contribution in [0.1, 0.15) is 39.7 Å². The number of ether oxygens (including phenoxy) is 1. The lowest BCUT2D eigenvalue weighted by Crippen LogP contribution is -2.49. The highest BCUT2D eigenvalue weighted by Gasteiger charge is 2.31. The van der Waals surface area contributed by atoms with Crippen LogP contribution in [0.15, 0.2) is 18.2 Å². The first kappa shape index (κ1) is 17.6. The first-order chi connectivity index (χ1) is 10.7. The Labute approximate surface area is 138 Å². The Morgan fingerprint density at radius 3 is 2.65 bits per heavy atom. The summed E-state index contributed by atoms with van der Waals surface area (Å²) < 4.78 is 18.6. The van der Waals surface area contributed by atoms with E-state index in [4.69, 9.17) is 4.74 Å². The molecule has 0 unspecified atom stereocenters. The van der Waals surface area contributed by atoms with Gasteiger partial charge < -0.3 is 15.0 Å². The summed E-state index contributed by atoms with van der Waals surface area (Å²) in [5, 5.41) is 3.49. The van der Waals surface area contributed by atoms with E-state index in [2.05, 4.69) is 12.2 Å². The van der Waals surface area contributed by atoms with Gasteiger partial charge in [0.25, 0.3) is 0 Å². The quantitative estimate of drug-likeness (QED) is 0.887. The van der Waals surface area contributed by atoms with E-state index >= 15 is 0 Å². The molecular formula is C18H27FN2O2. The predicted molar refractivity (Wildman–Crippen MR) is 90.1 cm³/mol. The molecule has 1 N–H and O–H groups in total. The molecule has 1 saturated heterocycles. The zero-order valence-corrected chi connectivity index (χ0v) is 14.6. The molecule has 0 aromatic heterocycles. The van der Waals surface area contributed by atoms with Crippen LogP contribution in [0.5, 0.6) is 0 Å². The SMILES string of the molecule is Cc1cc(F)ccc1N[C@@H]1CCN(C(=O)OC(C)(C)C)C[C@@H]1C. The zero-order valence-electron chi connectivity index (χ0n) is 14.6. The second-order valence-electron chi connectivity index (χ2n) is 7.40. The second-order valence-corrected chi connectivity index (χ2v) is 7.40. The number of rotatable bonds is 2. The number of nitrogens with zero attached hydrogens (tertiary/aromatic N) is 1. The highest BCUT2D eigenvalue weighted by molar-refractivity contribution is 5.68. The van der Waals surface area contributed by atoms with Gasteiger partial charge >= 0.3 is 6.09 Å². The van der Waals surface area contributed by atoms with Crippen LogP contribution in [0.3, 0.4) is 0 Å². The van der Waals surface area contributed by atoms with Crippen molar-refractivity contribution in [3.05, 3.63) is 29.6 Å². The Morgan fingerprint density at radius 1 is 1.39 bits per heavy atom. The van der Waals surface area contributed by atoms with Gasteiger partial charge in [0, 0.05) is 24.8 Å². The van der Waals surface area contributed by atoms with Gasteiger partial charge in [-0.1, -0.05) is 6.92 Å². The van der Waals surface area contributed by atoms with E-state index in [1.165, 1.54) is 12.1 Å². The van der Waals surface area contributed by atoms with E-state index in [1.54, 1.807) is 11.0 Å². The van der Waals surface area contributed by atoms with Gasteiger partial charge in [-0.05, 0) is 63.8 Å². The van der Waals surface area contributed by atoms with Gasteiger partial charge in [0.2, 0.25) is 0 Å². The van der Waals surface area contributed by atoms with Crippen LogP contribution in [0.25, 0.3) is 0 Å². The molecule has 1 aliphatic heterocycles. The van der Waals surface area contributed by atoms with Crippen molar-refractivity contribution in [2.45, 2.75) is 52.7 Å². The number of halogens is 1. The fourth-order valence-corrected chi connectivity index (χ4v) is 2.84. The summed E-state index contributed by atoms with van der Waals surface area (Å²) >= 11 is 0. The topological polar surface area (TPSA) is 41.6 Å². The monoisotopic (exact) mass is 322 g/mol. The fourth-order valence-electron chi connectivity index (χ4n) is 2.84. The largest absolute Gasteiger partial charge is 0.444 e. The molecule has 1 fully saturated rings. The Morgan fingerprint density at radius 2 is 2.09 bits per heavy atom. The van der Waals surface area contributed by atoms with E-state index in [1.807, 2.05) is 27.7 Å². The van der Waals surface area contributed by atoms with Gasteiger partial charge in [-0.2, -0.15) is 0 Å². The molecule has 1 amide bonds. The second kappa shape index (κ2) is 6.77. The zero-order chi connectivity index (χ0) is 17.2. The maximum atomic E-state index is 13.2. The van der Waals surface area contributed by atoms with Crippen LogP contribution in [-0.2, 0) is 4.74 Å². The van der Waals surface area contributed by atoms with Gasteiger partial charge in [-0.3, -0.25) is 0 Å². The van der Waals surface area contributed by atoms with Crippen LogP contribution < -0.4 is 5.32 Å². The Hall–Kier alpha value is -1.78. The van der Waals surface area contributed by atoms with E-state index in [0.717, 1.165) is 17.7 Å². The third-order valence-electron chi connectivity index (χ3n) is 4.09. The Balaban J connectivity index is 1.95. The molecule has 1 aromatic rings. The highest BCUT2D eigenvalue weighted by atomic mass is 19.1. The summed E-state index contributed by atoms with van der Waals surface area (Å²) in [7, 11) is 0. The number of aryl methyl sites for hydroxylation is 1. The van der Waals surface area contributed by atoms with E-state index < -0.39 is 5.60 Å². The summed E-state index contributed by atoms with van der Waals surface area (Å²) in [5.74, 6) is 0.0709. The van der Waals surface area contributed by atoms with Gasteiger partial charge in [0.1, 0.15) is 11.4 Å². The molecule has 2 atom stereocenters. The molecule has 2 rings (SSSR count). The molecule has 1 heterocycles. The number of carbonyl (C=O) groups excluding carboxylic acids is 1. The number of amides is 1. The van der Waals surface area contributed by atoms with Crippen molar-refractivity contribution in [2.75, 3.05) is 18.4 Å². The van der Waals surface area contributed by atoms with Gasteiger partial charge in [0.15, 0.2) is 0 Å². The summed E-state index contributed by atoms with van der Waals surface area (Å²) in [5.41, 5.74) is 1.38. The third-order valence-corrected chi connectivity index (χ3v) is 4.09. The van der Waals surface area contributed by atoms with Crippen LogP contribution in [0.2, 0.25) is 0 Å². The van der Waals surface area contributed by atoms with E-state index in [-0.39, 0.29) is 18.0 Å². The molecule has 0 spiro atoms. The minimum Gasteiger partial charge on any atom is -0.444 e.